The average Bonchev–Trinajstić information content (AvgIpc) is 3.14. The number of esters is 1. The predicted molar refractivity (Wildman–Crippen MR) is 139 cm³/mol. The molecule has 1 aromatic heterocycles. The number of aromatic nitrogens is 1. The van der Waals surface area contributed by atoms with Crippen molar-refractivity contribution in [2.45, 2.75) is 19.9 Å². The van der Waals surface area contributed by atoms with Crippen LogP contribution in [0.5, 0.6) is 11.5 Å². The largest absolute Gasteiger partial charge is 0.490 e. The van der Waals surface area contributed by atoms with Crippen molar-refractivity contribution < 1.29 is 19.0 Å². The Morgan fingerprint density at radius 3 is 2.62 bits per heavy atom. The second kappa shape index (κ2) is 10.6. The van der Waals surface area contributed by atoms with Crippen molar-refractivity contribution in [1.29, 1.82) is 0 Å². The van der Waals surface area contributed by atoms with Crippen molar-refractivity contribution in [2.24, 2.45) is 4.99 Å². The minimum absolute atomic E-state index is 0.228. The van der Waals surface area contributed by atoms with E-state index in [1.165, 1.54) is 24.6 Å². The Balaban J connectivity index is 1.91. The Labute approximate surface area is 214 Å². The molecule has 0 saturated heterocycles. The fraction of sp³-hybridized carbons (Fsp3) is 0.240. The maximum atomic E-state index is 13.6. The fourth-order valence-corrected chi connectivity index (χ4v) is 5.27. The highest BCUT2D eigenvalue weighted by molar-refractivity contribution is 14.1. The maximum Gasteiger partial charge on any atom is 0.337 e. The van der Waals surface area contributed by atoms with E-state index in [0.717, 1.165) is 9.13 Å². The van der Waals surface area contributed by atoms with E-state index >= 15 is 0 Å². The maximum absolute atomic E-state index is 13.6. The summed E-state index contributed by atoms with van der Waals surface area (Å²) in [6.45, 7) is 4.71. The minimum Gasteiger partial charge on any atom is -0.490 e. The standard InChI is InChI=1S/C25H23IN2O5S/c1-4-32-19-10-9-16(13-20(19)33-5-2)22-18(24(30)31-3)14-27-25-28(22)23(29)21(34-25)12-15-7-6-8-17(26)11-15/h6-14,22H,4-5H2,1-3H3/b21-12-/t22-/m0/s1. The molecule has 176 valence electrons. The molecule has 2 aromatic carbocycles. The molecule has 1 atom stereocenters. The van der Waals surface area contributed by atoms with Gasteiger partial charge in [0, 0.05) is 9.77 Å². The number of benzene rings is 2. The molecule has 0 bridgehead atoms. The van der Waals surface area contributed by atoms with Crippen LogP contribution < -0.4 is 24.4 Å². The van der Waals surface area contributed by atoms with Crippen molar-refractivity contribution in [3.63, 3.8) is 0 Å². The second-order valence-corrected chi connectivity index (χ2v) is 9.56. The highest BCUT2D eigenvalue weighted by atomic mass is 127. The van der Waals surface area contributed by atoms with Crippen LogP contribution in [-0.2, 0) is 9.53 Å². The van der Waals surface area contributed by atoms with Crippen LogP contribution >= 0.6 is 33.9 Å². The zero-order chi connectivity index (χ0) is 24.2. The van der Waals surface area contributed by atoms with Crippen molar-refractivity contribution in [3.05, 3.63) is 88.6 Å². The molecule has 9 heteroatoms. The van der Waals surface area contributed by atoms with Gasteiger partial charge >= 0.3 is 5.97 Å². The van der Waals surface area contributed by atoms with Gasteiger partial charge in [0.1, 0.15) is 0 Å². The average molecular weight is 590 g/mol. The first-order chi connectivity index (χ1) is 16.5. The van der Waals surface area contributed by atoms with E-state index in [0.29, 0.717) is 39.6 Å². The van der Waals surface area contributed by atoms with Crippen LogP contribution in [0.1, 0.15) is 31.0 Å². The number of hydrogen-bond acceptors (Lipinski definition) is 7. The number of ether oxygens (including phenoxy) is 3. The summed E-state index contributed by atoms with van der Waals surface area (Å²) in [5.41, 5.74) is 1.65. The molecule has 0 amide bonds. The Morgan fingerprint density at radius 1 is 1.15 bits per heavy atom. The quantitative estimate of drug-likeness (QED) is 0.312. The van der Waals surface area contributed by atoms with Crippen LogP contribution in [0.3, 0.4) is 0 Å². The van der Waals surface area contributed by atoms with Gasteiger partial charge in [-0.25, -0.2) is 9.79 Å². The lowest BCUT2D eigenvalue weighted by molar-refractivity contribution is -0.136. The zero-order valence-electron chi connectivity index (χ0n) is 18.9. The molecule has 0 radical (unpaired) electrons. The first-order valence-corrected chi connectivity index (χ1v) is 12.6. The van der Waals surface area contributed by atoms with Crippen molar-refractivity contribution >= 4 is 46.0 Å². The molecule has 1 aliphatic rings. The topological polar surface area (TPSA) is 79.1 Å². The van der Waals surface area contributed by atoms with Gasteiger partial charge in [0.2, 0.25) is 0 Å². The third-order valence-corrected chi connectivity index (χ3v) is 6.82. The van der Waals surface area contributed by atoms with Gasteiger partial charge < -0.3 is 14.2 Å². The highest BCUT2D eigenvalue weighted by Crippen LogP contribution is 2.35. The molecule has 7 nitrogen and oxygen atoms in total. The SMILES string of the molecule is CCOc1ccc([C@H]2C(C(=O)OC)=CN=c3s/c(=C\c4cccc(I)c4)c(=O)n32)cc1OCC. The highest BCUT2D eigenvalue weighted by Gasteiger charge is 2.31. The summed E-state index contributed by atoms with van der Waals surface area (Å²) >= 11 is 3.52. The number of nitrogens with zero attached hydrogens (tertiary/aromatic N) is 2. The van der Waals surface area contributed by atoms with Crippen LogP contribution in [0.4, 0.5) is 0 Å². The summed E-state index contributed by atoms with van der Waals surface area (Å²) in [4.78, 5) is 31.1. The van der Waals surface area contributed by atoms with Crippen LogP contribution in [0.15, 0.2) is 64.0 Å². The normalized spacial score (nSPS) is 15.2. The Bertz CT molecular complexity index is 1440. The van der Waals surface area contributed by atoms with Crippen LogP contribution in [0.25, 0.3) is 6.08 Å². The number of thiazole rings is 1. The minimum atomic E-state index is -0.711. The summed E-state index contributed by atoms with van der Waals surface area (Å²) in [5.74, 6) is 0.597. The number of carbonyl (C=O) groups excluding carboxylic acids is 1. The molecule has 0 spiro atoms. The monoisotopic (exact) mass is 590 g/mol. The van der Waals surface area contributed by atoms with Gasteiger partial charge in [0.25, 0.3) is 5.56 Å². The van der Waals surface area contributed by atoms with Gasteiger partial charge in [-0.2, -0.15) is 0 Å². The number of fused-ring (bicyclic) bond motifs is 1. The van der Waals surface area contributed by atoms with Gasteiger partial charge in [0.05, 0.1) is 36.5 Å². The van der Waals surface area contributed by atoms with Gasteiger partial charge in [-0.1, -0.05) is 29.5 Å². The molecule has 0 fully saturated rings. The fourth-order valence-electron chi connectivity index (χ4n) is 3.74. The van der Waals surface area contributed by atoms with Crippen LogP contribution in [0.2, 0.25) is 0 Å². The van der Waals surface area contributed by atoms with E-state index in [-0.39, 0.29) is 11.1 Å². The van der Waals surface area contributed by atoms with Crippen molar-refractivity contribution in [2.75, 3.05) is 20.3 Å². The summed E-state index contributed by atoms with van der Waals surface area (Å²) in [6, 6.07) is 12.6. The molecular formula is C25H23IN2O5S. The van der Waals surface area contributed by atoms with Gasteiger partial charge in [-0.15, -0.1) is 0 Å². The molecule has 34 heavy (non-hydrogen) atoms. The molecule has 1 aliphatic heterocycles. The van der Waals surface area contributed by atoms with Crippen LogP contribution in [0, 0.1) is 3.57 Å². The van der Waals surface area contributed by atoms with E-state index in [1.54, 1.807) is 16.7 Å². The first kappa shape index (κ1) is 24.2. The molecule has 3 aromatic rings. The zero-order valence-corrected chi connectivity index (χ0v) is 21.9. The summed E-state index contributed by atoms with van der Waals surface area (Å²) in [5, 5.41) is 0. The molecular weight excluding hydrogens is 567 g/mol. The number of hydrogen-bond donors (Lipinski definition) is 0. The lowest BCUT2D eigenvalue weighted by atomic mass is 9.97. The summed E-state index contributed by atoms with van der Waals surface area (Å²) in [7, 11) is 1.31. The Kier molecular flexibility index (Phi) is 7.52. The van der Waals surface area contributed by atoms with Gasteiger partial charge in [0.15, 0.2) is 16.3 Å². The van der Waals surface area contributed by atoms with Crippen molar-refractivity contribution in [1.82, 2.24) is 4.57 Å². The molecule has 0 aliphatic carbocycles. The van der Waals surface area contributed by atoms with Gasteiger partial charge in [-0.05, 0) is 77.9 Å². The van der Waals surface area contributed by atoms with Gasteiger partial charge in [-0.3, -0.25) is 9.36 Å². The van der Waals surface area contributed by atoms with E-state index in [4.69, 9.17) is 14.2 Å². The lowest BCUT2D eigenvalue weighted by Crippen LogP contribution is -2.39. The number of methoxy groups -OCH3 is 1. The predicted octanol–water partition coefficient (Wildman–Crippen LogP) is 3.42. The number of carbonyl (C=O) groups is 1. The smallest absolute Gasteiger partial charge is 0.337 e. The lowest BCUT2D eigenvalue weighted by Gasteiger charge is -2.23. The molecule has 4 rings (SSSR count). The van der Waals surface area contributed by atoms with Crippen LogP contribution in [-0.4, -0.2) is 30.9 Å². The molecule has 0 N–H and O–H groups in total. The summed E-state index contributed by atoms with van der Waals surface area (Å²) < 4.78 is 19.6. The van der Waals surface area contributed by atoms with E-state index < -0.39 is 12.0 Å². The third-order valence-electron chi connectivity index (χ3n) is 5.15. The second-order valence-electron chi connectivity index (χ2n) is 7.30. The molecule has 0 saturated carbocycles. The first-order valence-electron chi connectivity index (χ1n) is 10.7. The Morgan fingerprint density at radius 2 is 1.91 bits per heavy atom. The third kappa shape index (κ3) is 4.80. The van der Waals surface area contributed by atoms with E-state index in [1.807, 2.05) is 50.3 Å². The number of rotatable bonds is 7. The molecule has 0 unspecified atom stereocenters. The number of halogens is 1. The van der Waals surface area contributed by atoms with E-state index in [2.05, 4.69) is 27.6 Å². The van der Waals surface area contributed by atoms with E-state index in [9.17, 15) is 9.59 Å². The van der Waals surface area contributed by atoms with Crippen molar-refractivity contribution in [3.8, 4) is 11.5 Å². The summed E-state index contributed by atoms with van der Waals surface area (Å²) in [6.07, 6.45) is 3.32. The molecule has 2 heterocycles. The Hall–Kier alpha value is -2.92.